The van der Waals surface area contributed by atoms with E-state index in [1.54, 1.807) is 20.8 Å². The summed E-state index contributed by atoms with van der Waals surface area (Å²) >= 11 is 0. The lowest BCUT2D eigenvalue weighted by atomic mass is 9.80. The van der Waals surface area contributed by atoms with Gasteiger partial charge in [-0.25, -0.2) is 10.7 Å². The summed E-state index contributed by atoms with van der Waals surface area (Å²) < 4.78 is 5.18. The van der Waals surface area contributed by atoms with Gasteiger partial charge in [0.15, 0.2) is 0 Å². The Morgan fingerprint density at radius 3 is 2.30 bits per heavy atom. The van der Waals surface area contributed by atoms with Crippen molar-refractivity contribution >= 4 is 12.1 Å². The number of aliphatic carboxylic acids is 1. The fourth-order valence-electron chi connectivity index (χ4n) is 2.37. The summed E-state index contributed by atoms with van der Waals surface area (Å²) in [6.45, 7) is 5.40. The van der Waals surface area contributed by atoms with Crippen molar-refractivity contribution in [2.24, 2.45) is 5.90 Å². The van der Waals surface area contributed by atoms with E-state index in [9.17, 15) is 9.59 Å². The van der Waals surface area contributed by atoms with Crippen LogP contribution in [0.1, 0.15) is 52.9 Å². The quantitative estimate of drug-likeness (QED) is 0.677. The van der Waals surface area contributed by atoms with E-state index >= 15 is 0 Å². The molecule has 20 heavy (non-hydrogen) atoms. The maximum absolute atomic E-state index is 11.7. The molecular weight excluding hydrogens is 264 g/mol. The maximum atomic E-state index is 11.7. The number of hydrogen-bond acceptors (Lipinski definition) is 5. The molecule has 0 radical (unpaired) electrons. The summed E-state index contributed by atoms with van der Waals surface area (Å²) in [7, 11) is 0. The normalized spacial score (nSPS) is 26.9. The minimum absolute atomic E-state index is 0.0399. The standard InChI is InChI=1S/C13H24N2O5/c1-12(2,3)19-11(18)15-9-4-6-13(20-14,7-5-9)8-10(16)17/h9H,4-8,14H2,1-3H3,(H,15,18)(H,16,17). The van der Waals surface area contributed by atoms with Gasteiger partial charge >= 0.3 is 12.1 Å². The van der Waals surface area contributed by atoms with Crippen molar-refractivity contribution in [1.29, 1.82) is 0 Å². The van der Waals surface area contributed by atoms with Crippen LogP contribution in [0.2, 0.25) is 0 Å². The molecule has 0 atom stereocenters. The molecule has 0 aromatic carbocycles. The second kappa shape index (κ2) is 6.41. The Kier molecular flexibility index (Phi) is 5.35. The lowest BCUT2D eigenvalue weighted by molar-refractivity contribution is -0.149. The van der Waals surface area contributed by atoms with Gasteiger partial charge in [0, 0.05) is 6.04 Å². The maximum Gasteiger partial charge on any atom is 0.407 e. The van der Waals surface area contributed by atoms with Crippen LogP contribution in [0, 0.1) is 0 Å². The Balaban J connectivity index is 2.45. The number of nitrogens with one attached hydrogen (secondary N) is 1. The first-order valence-electron chi connectivity index (χ1n) is 6.75. The first-order chi connectivity index (χ1) is 9.16. The Hall–Kier alpha value is -1.34. The van der Waals surface area contributed by atoms with Crippen LogP contribution < -0.4 is 11.2 Å². The predicted octanol–water partition coefficient (Wildman–Crippen LogP) is 1.56. The number of ether oxygens (including phenoxy) is 1. The van der Waals surface area contributed by atoms with Gasteiger partial charge in [-0.15, -0.1) is 0 Å². The Bertz CT molecular complexity index is 356. The number of carbonyl (C=O) groups is 2. The molecule has 0 bridgehead atoms. The highest BCUT2D eigenvalue weighted by Crippen LogP contribution is 2.33. The number of amides is 1. The van der Waals surface area contributed by atoms with Gasteiger partial charge in [0.1, 0.15) is 5.60 Å². The molecule has 0 aromatic heterocycles. The average molecular weight is 288 g/mol. The zero-order chi connectivity index (χ0) is 15.4. The van der Waals surface area contributed by atoms with Crippen LogP contribution in [0.5, 0.6) is 0 Å². The van der Waals surface area contributed by atoms with Gasteiger partial charge in [-0.1, -0.05) is 0 Å². The van der Waals surface area contributed by atoms with Crippen molar-refractivity contribution in [2.45, 2.75) is 70.1 Å². The summed E-state index contributed by atoms with van der Waals surface area (Å²) in [4.78, 5) is 27.4. The van der Waals surface area contributed by atoms with Gasteiger partial charge in [-0.3, -0.25) is 9.63 Å². The summed E-state index contributed by atoms with van der Waals surface area (Å²) in [5.74, 6) is 4.31. The van der Waals surface area contributed by atoms with Crippen molar-refractivity contribution in [3.8, 4) is 0 Å². The van der Waals surface area contributed by atoms with E-state index in [2.05, 4.69) is 5.32 Å². The third-order valence-electron chi connectivity index (χ3n) is 3.34. The van der Waals surface area contributed by atoms with E-state index in [1.165, 1.54) is 0 Å². The van der Waals surface area contributed by atoms with E-state index in [0.29, 0.717) is 25.7 Å². The smallest absolute Gasteiger partial charge is 0.407 e. The first kappa shape index (κ1) is 16.7. The number of carbonyl (C=O) groups excluding carboxylic acids is 1. The molecule has 0 aromatic rings. The lowest BCUT2D eigenvalue weighted by Gasteiger charge is -2.37. The van der Waals surface area contributed by atoms with E-state index in [-0.39, 0.29) is 12.5 Å². The number of carboxylic acids is 1. The number of hydrogen-bond donors (Lipinski definition) is 3. The van der Waals surface area contributed by atoms with Crippen molar-refractivity contribution in [3.05, 3.63) is 0 Å². The lowest BCUT2D eigenvalue weighted by Crippen LogP contribution is -2.47. The first-order valence-corrected chi connectivity index (χ1v) is 6.75. The molecule has 4 N–H and O–H groups in total. The largest absolute Gasteiger partial charge is 0.481 e. The number of rotatable bonds is 4. The molecule has 0 aliphatic heterocycles. The molecule has 1 saturated carbocycles. The zero-order valence-corrected chi connectivity index (χ0v) is 12.3. The van der Waals surface area contributed by atoms with Gasteiger partial charge in [0.2, 0.25) is 0 Å². The van der Waals surface area contributed by atoms with Crippen molar-refractivity contribution < 1.29 is 24.3 Å². The summed E-state index contributed by atoms with van der Waals surface area (Å²) in [6, 6.07) is -0.0399. The summed E-state index contributed by atoms with van der Waals surface area (Å²) in [5, 5.41) is 11.7. The van der Waals surface area contributed by atoms with E-state index in [1.807, 2.05) is 0 Å². The summed E-state index contributed by atoms with van der Waals surface area (Å²) in [5.41, 5.74) is -1.36. The van der Waals surface area contributed by atoms with Gasteiger partial charge < -0.3 is 15.2 Å². The van der Waals surface area contributed by atoms with Crippen LogP contribution in [-0.2, 0) is 14.4 Å². The monoisotopic (exact) mass is 288 g/mol. The molecular formula is C13H24N2O5. The fraction of sp³-hybridized carbons (Fsp3) is 0.846. The highest BCUT2D eigenvalue weighted by molar-refractivity contribution is 5.69. The van der Waals surface area contributed by atoms with Gasteiger partial charge in [-0.05, 0) is 46.5 Å². The molecule has 116 valence electrons. The average Bonchev–Trinajstić information content (AvgIpc) is 2.29. The topological polar surface area (TPSA) is 111 Å². The molecule has 0 unspecified atom stereocenters. The van der Waals surface area contributed by atoms with Crippen LogP contribution in [0.3, 0.4) is 0 Å². The van der Waals surface area contributed by atoms with Crippen LogP contribution in [-0.4, -0.2) is 34.4 Å². The van der Waals surface area contributed by atoms with E-state index in [4.69, 9.17) is 20.6 Å². The van der Waals surface area contributed by atoms with Crippen LogP contribution in [0.25, 0.3) is 0 Å². The Morgan fingerprint density at radius 2 is 1.90 bits per heavy atom. The predicted molar refractivity (Wildman–Crippen MR) is 71.9 cm³/mol. The molecule has 1 amide bonds. The molecule has 1 aliphatic rings. The minimum atomic E-state index is -0.936. The van der Waals surface area contributed by atoms with Crippen molar-refractivity contribution in [3.63, 3.8) is 0 Å². The minimum Gasteiger partial charge on any atom is -0.481 e. The summed E-state index contributed by atoms with van der Waals surface area (Å²) in [6.07, 6.45) is 1.64. The van der Waals surface area contributed by atoms with E-state index < -0.39 is 23.3 Å². The molecule has 7 heteroatoms. The van der Waals surface area contributed by atoms with E-state index in [0.717, 1.165) is 0 Å². The van der Waals surface area contributed by atoms with Crippen molar-refractivity contribution in [1.82, 2.24) is 5.32 Å². The number of nitrogens with two attached hydrogens (primary N) is 1. The molecule has 1 rings (SSSR count). The zero-order valence-electron chi connectivity index (χ0n) is 12.3. The molecule has 0 spiro atoms. The van der Waals surface area contributed by atoms with Gasteiger partial charge in [0.05, 0.1) is 12.0 Å². The van der Waals surface area contributed by atoms with Crippen LogP contribution in [0.4, 0.5) is 4.79 Å². The number of carboxylic acid groups (broad SMARTS) is 1. The Morgan fingerprint density at radius 1 is 1.35 bits per heavy atom. The van der Waals surface area contributed by atoms with Crippen molar-refractivity contribution in [2.75, 3.05) is 0 Å². The second-order valence-electron chi connectivity index (χ2n) is 6.29. The molecule has 1 aliphatic carbocycles. The van der Waals surface area contributed by atoms with Crippen LogP contribution in [0.15, 0.2) is 0 Å². The molecule has 0 saturated heterocycles. The third kappa shape index (κ3) is 5.34. The SMILES string of the molecule is CC(C)(C)OC(=O)NC1CCC(CC(=O)O)(ON)CC1. The highest BCUT2D eigenvalue weighted by Gasteiger charge is 2.38. The third-order valence-corrected chi connectivity index (χ3v) is 3.34. The highest BCUT2D eigenvalue weighted by atomic mass is 16.6. The van der Waals surface area contributed by atoms with Crippen LogP contribution >= 0.6 is 0 Å². The van der Waals surface area contributed by atoms with Gasteiger partial charge in [-0.2, -0.15) is 0 Å². The number of alkyl carbamates (subject to hydrolysis) is 1. The Labute approximate surface area is 118 Å². The molecule has 0 heterocycles. The molecule has 1 fully saturated rings. The van der Waals surface area contributed by atoms with Gasteiger partial charge in [0.25, 0.3) is 0 Å². The fourth-order valence-corrected chi connectivity index (χ4v) is 2.37. The molecule has 7 nitrogen and oxygen atoms in total. The second-order valence-corrected chi connectivity index (χ2v) is 6.29.